The monoisotopic (exact) mass is 619 g/mol. The van der Waals surface area contributed by atoms with Crippen molar-refractivity contribution in [1.82, 2.24) is 25.6 Å². The van der Waals surface area contributed by atoms with Crippen LogP contribution >= 0.6 is 11.8 Å². The summed E-state index contributed by atoms with van der Waals surface area (Å²) >= 11 is 1.54. The Morgan fingerprint density at radius 3 is 2.59 bits per heavy atom. The summed E-state index contributed by atoms with van der Waals surface area (Å²) in [6.45, 7) is 6.14. The van der Waals surface area contributed by atoms with Crippen LogP contribution < -0.4 is 20.5 Å². The SMILES string of the molecule is Cc1ccc2c(c1)N1C(=CC2C)CSC1=NC(=O)NNC(C)c1ccc(-c2ncn(-c3ccc(OC(F)(F)F)cc3)n2)cc1. The highest BCUT2D eigenvalue weighted by atomic mass is 32.2. The van der Waals surface area contributed by atoms with E-state index in [0.29, 0.717) is 22.6 Å². The van der Waals surface area contributed by atoms with Crippen LogP contribution in [0.5, 0.6) is 5.75 Å². The van der Waals surface area contributed by atoms with Gasteiger partial charge in [0.05, 0.1) is 11.4 Å². The molecule has 6 rings (SSSR count). The van der Waals surface area contributed by atoms with E-state index in [4.69, 9.17) is 0 Å². The van der Waals surface area contributed by atoms with E-state index in [-0.39, 0.29) is 11.8 Å². The van der Waals surface area contributed by atoms with Crippen molar-refractivity contribution in [2.75, 3.05) is 10.7 Å². The number of allylic oxidation sites excluding steroid dienone is 1. The summed E-state index contributed by atoms with van der Waals surface area (Å²) in [5.41, 5.74) is 12.5. The third-order valence-corrected chi connectivity index (χ3v) is 8.25. The topological polar surface area (TPSA) is 96.7 Å². The number of carbonyl (C=O) groups excluding carboxylic acids is 1. The van der Waals surface area contributed by atoms with Gasteiger partial charge in [-0.15, -0.1) is 18.3 Å². The smallest absolute Gasteiger partial charge is 0.406 e. The molecular formula is C31H28F3N7O2S. The molecule has 0 saturated carbocycles. The van der Waals surface area contributed by atoms with Crippen LogP contribution in [0.15, 0.2) is 89.8 Å². The molecule has 0 aliphatic carbocycles. The zero-order chi connectivity index (χ0) is 31.0. The third-order valence-electron chi connectivity index (χ3n) is 7.28. The molecule has 0 bridgehead atoms. The number of hydrogen-bond acceptors (Lipinski definition) is 6. The summed E-state index contributed by atoms with van der Waals surface area (Å²) in [5.74, 6) is 1.19. The molecule has 1 fully saturated rings. The standard InChI is InChI=1S/C31H28F3N7O2S/c1-18-4-13-26-19(2)15-24-16-44-30(41(24)27(26)14-18)36-29(42)38-37-20(3)21-5-7-22(8-6-21)28-35-17-40(39-28)23-9-11-25(12-10-23)43-31(32,33)34/h4-15,17,19-20,37H,16H2,1-3H3,(H,38,42). The number of urea groups is 1. The fourth-order valence-corrected chi connectivity index (χ4v) is 6.07. The molecule has 2 aliphatic rings. The molecule has 1 aromatic heterocycles. The normalized spacial score (nSPS) is 17.6. The maximum atomic E-state index is 12.8. The lowest BCUT2D eigenvalue weighted by molar-refractivity contribution is -0.274. The van der Waals surface area contributed by atoms with Gasteiger partial charge in [-0.25, -0.2) is 19.9 Å². The average Bonchev–Trinajstić information content (AvgIpc) is 3.63. The van der Waals surface area contributed by atoms with E-state index < -0.39 is 12.4 Å². The number of hydrazine groups is 1. The number of hydrogen-bond donors (Lipinski definition) is 2. The van der Waals surface area contributed by atoms with E-state index in [1.807, 2.05) is 31.2 Å². The lowest BCUT2D eigenvalue weighted by atomic mass is 9.93. The number of nitrogens with one attached hydrogen (secondary N) is 2. The summed E-state index contributed by atoms with van der Waals surface area (Å²) in [4.78, 5) is 23.5. The van der Waals surface area contributed by atoms with Gasteiger partial charge in [-0.2, -0.15) is 4.99 Å². The number of amides is 2. The first kappa shape index (κ1) is 29.5. The first-order valence-corrected chi connectivity index (χ1v) is 14.8. The van der Waals surface area contributed by atoms with E-state index in [0.717, 1.165) is 33.8 Å². The minimum absolute atomic E-state index is 0.220. The Kier molecular flexibility index (Phi) is 7.91. The van der Waals surface area contributed by atoms with Gasteiger partial charge in [0.25, 0.3) is 0 Å². The Bertz CT molecular complexity index is 1750. The zero-order valence-corrected chi connectivity index (χ0v) is 24.8. The number of benzene rings is 3. The molecule has 1 saturated heterocycles. The number of alkyl halides is 3. The number of anilines is 1. The molecule has 3 aromatic carbocycles. The van der Waals surface area contributed by atoms with Gasteiger partial charge in [-0.05, 0) is 60.9 Å². The van der Waals surface area contributed by atoms with Crippen molar-refractivity contribution in [2.24, 2.45) is 4.99 Å². The molecule has 0 radical (unpaired) electrons. The Morgan fingerprint density at radius 2 is 1.86 bits per heavy atom. The maximum absolute atomic E-state index is 12.8. The molecule has 13 heteroatoms. The molecule has 2 atom stereocenters. The molecule has 2 unspecified atom stereocenters. The molecule has 3 heterocycles. The Hall–Kier alpha value is -4.62. The van der Waals surface area contributed by atoms with Gasteiger partial charge < -0.3 is 4.74 Å². The number of fused-ring (bicyclic) bond motifs is 3. The predicted molar refractivity (Wildman–Crippen MR) is 164 cm³/mol. The lowest BCUT2D eigenvalue weighted by Gasteiger charge is -2.30. The van der Waals surface area contributed by atoms with Crippen molar-refractivity contribution in [3.63, 3.8) is 0 Å². The number of halogens is 3. The summed E-state index contributed by atoms with van der Waals surface area (Å²) in [7, 11) is 0. The van der Waals surface area contributed by atoms with E-state index in [1.165, 1.54) is 52.6 Å². The van der Waals surface area contributed by atoms with Crippen molar-refractivity contribution < 1.29 is 22.7 Å². The number of aliphatic imine (C=N–C) groups is 1. The fraction of sp³-hybridized carbons (Fsp3) is 0.226. The molecule has 226 valence electrons. The van der Waals surface area contributed by atoms with E-state index >= 15 is 0 Å². The van der Waals surface area contributed by atoms with Crippen molar-refractivity contribution in [2.45, 2.75) is 39.1 Å². The first-order chi connectivity index (χ1) is 21.0. The second-order valence-electron chi connectivity index (χ2n) is 10.5. The minimum atomic E-state index is -4.75. The van der Waals surface area contributed by atoms with E-state index in [2.05, 4.69) is 73.7 Å². The number of nitrogens with zero attached hydrogens (tertiary/aromatic N) is 5. The summed E-state index contributed by atoms with van der Waals surface area (Å²) in [6, 6.07) is 18.5. The number of rotatable bonds is 6. The van der Waals surface area contributed by atoms with Crippen molar-refractivity contribution in [1.29, 1.82) is 0 Å². The first-order valence-electron chi connectivity index (χ1n) is 13.8. The van der Waals surface area contributed by atoms with Crippen LogP contribution in [0.3, 0.4) is 0 Å². The Balaban J connectivity index is 1.07. The van der Waals surface area contributed by atoms with E-state index in [9.17, 15) is 18.0 Å². The molecule has 9 nitrogen and oxygen atoms in total. The second kappa shape index (κ2) is 11.8. The summed E-state index contributed by atoms with van der Waals surface area (Å²) in [5, 5.41) is 5.08. The van der Waals surface area contributed by atoms with Crippen LogP contribution in [-0.2, 0) is 0 Å². The highest BCUT2D eigenvalue weighted by Crippen LogP contribution is 2.43. The molecule has 4 aromatic rings. The van der Waals surface area contributed by atoms with Gasteiger partial charge in [0.2, 0.25) is 0 Å². The van der Waals surface area contributed by atoms with Gasteiger partial charge in [0.15, 0.2) is 11.0 Å². The molecule has 2 N–H and O–H groups in total. The summed E-state index contributed by atoms with van der Waals surface area (Å²) < 4.78 is 42.6. The highest BCUT2D eigenvalue weighted by Gasteiger charge is 2.33. The number of thioether (sulfide) groups is 1. The van der Waals surface area contributed by atoms with Crippen LogP contribution in [-0.4, -0.2) is 38.1 Å². The third kappa shape index (κ3) is 6.33. The van der Waals surface area contributed by atoms with Crippen LogP contribution in [0.2, 0.25) is 0 Å². The number of amidine groups is 1. The number of carbonyl (C=O) groups is 1. The molecule has 2 aliphatic heterocycles. The molecule has 0 spiro atoms. The summed E-state index contributed by atoms with van der Waals surface area (Å²) in [6.07, 6.45) is -1.05. The minimum Gasteiger partial charge on any atom is -0.406 e. The predicted octanol–water partition coefficient (Wildman–Crippen LogP) is 7.03. The molecule has 2 amide bonds. The Labute approximate surface area is 255 Å². The van der Waals surface area contributed by atoms with Crippen LogP contribution in [0, 0.1) is 6.92 Å². The van der Waals surface area contributed by atoms with Crippen molar-refractivity contribution in [3.05, 3.63) is 102 Å². The number of aromatic nitrogens is 3. The quantitative estimate of drug-likeness (QED) is 0.224. The largest absolute Gasteiger partial charge is 0.573 e. The van der Waals surface area contributed by atoms with Crippen LogP contribution in [0.1, 0.15) is 42.5 Å². The van der Waals surface area contributed by atoms with Crippen molar-refractivity contribution in [3.8, 4) is 22.8 Å². The highest BCUT2D eigenvalue weighted by molar-refractivity contribution is 8.14. The van der Waals surface area contributed by atoms with Crippen molar-refractivity contribution >= 4 is 28.6 Å². The van der Waals surface area contributed by atoms with Crippen LogP contribution in [0.25, 0.3) is 17.1 Å². The van der Waals surface area contributed by atoms with Gasteiger partial charge in [-0.3, -0.25) is 10.3 Å². The average molecular weight is 620 g/mol. The second-order valence-corrected chi connectivity index (χ2v) is 11.4. The van der Waals surface area contributed by atoms with E-state index in [1.54, 1.807) is 0 Å². The van der Waals surface area contributed by atoms with Crippen LogP contribution in [0.4, 0.5) is 23.7 Å². The number of aryl methyl sites for hydroxylation is 1. The maximum Gasteiger partial charge on any atom is 0.573 e. The lowest BCUT2D eigenvalue weighted by Crippen LogP contribution is -2.38. The zero-order valence-electron chi connectivity index (χ0n) is 24.0. The molecule has 44 heavy (non-hydrogen) atoms. The molecular weight excluding hydrogens is 591 g/mol. The van der Waals surface area contributed by atoms with Gasteiger partial charge in [0.1, 0.15) is 12.1 Å². The van der Waals surface area contributed by atoms with Gasteiger partial charge in [0, 0.05) is 29.0 Å². The van der Waals surface area contributed by atoms with Gasteiger partial charge >= 0.3 is 12.4 Å². The van der Waals surface area contributed by atoms with Gasteiger partial charge in [-0.1, -0.05) is 61.2 Å². The fourth-order valence-electron chi connectivity index (χ4n) is 5.07. The Morgan fingerprint density at radius 1 is 1.11 bits per heavy atom. The number of ether oxygens (including phenoxy) is 1.